The highest BCUT2D eigenvalue weighted by molar-refractivity contribution is 6.30. The Bertz CT molecular complexity index is 1010. The fourth-order valence-electron chi connectivity index (χ4n) is 7.39. The first kappa shape index (κ1) is 29.3. The molecule has 220 valence electrons. The molecule has 0 spiro atoms. The third-order valence-corrected chi connectivity index (χ3v) is 10.1. The average Bonchev–Trinajstić information content (AvgIpc) is 3.51. The summed E-state index contributed by atoms with van der Waals surface area (Å²) in [6.45, 7) is 3.17. The van der Waals surface area contributed by atoms with Crippen LogP contribution in [0.25, 0.3) is 0 Å². The minimum Gasteiger partial charge on any atom is -0.353 e. The van der Waals surface area contributed by atoms with E-state index in [1.165, 1.54) is 32.1 Å². The number of piperazine rings is 1. The fourth-order valence-corrected chi connectivity index (χ4v) is 7.51. The van der Waals surface area contributed by atoms with Gasteiger partial charge in [0.2, 0.25) is 17.7 Å². The molecule has 4 aliphatic rings. The van der Waals surface area contributed by atoms with Crippen LogP contribution in [-0.4, -0.2) is 73.5 Å². The lowest BCUT2D eigenvalue weighted by Crippen LogP contribution is -2.61. The van der Waals surface area contributed by atoms with Gasteiger partial charge in [-0.3, -0.25) is 14.4 Å². The molecule has 4 fully saturated rings. The number of piperidine rings is 1. The van der Waals surface area contributed by atoms with Crippen LogP contribution in [0.5, 0.6) is 0 Å². The van der Waals surface area contributed by atoms with Crippen LogP contribution in [0.3, 0.4) is 0 Å². The second-order valence-electron chi connectivity index (χ2n) is 12.4. The van der Waals surface area contributed by atoms with Crippen molar-refractivity contribution in [3.8, 4) is 0 Å². The van der Waals surface area contributed by atoms with Crippen LogP contribution >= 0.6 is 11.6 Å². The maximum Gasteiger partial charge on any atom is 0.245 e. The van der Waals surface area contributed by atoms with E-state index in [1.54, 1.807) is 0 Å². The molecular weight excluding hydrogens is 526 g/mol. The number of hydrogen-bond acceptors (Lipinski definition) is 5. The Kier molecular flexibility index (Phi) is 10.0. The van der Waals surface area contributed by atoms with Gasteiger partial charge in [0.05, 0.1) is 11.5 Å². The molecule has 3 amide bonds. The van der Waals surface area contributed by atoms with E-state index in [4.69, 9.17) is 11.6 Å². The van der Waals surface area contributed by atoms with Gasteiger partial charge in [0.1, 0.15) is 6.04 Å². The summed E-state index contributed by atoms with van der Waals surface area (Å²) in [5, 5.41) is 13.6. The van der Waals surface area contributed by atoms with Crippen molar-refractivity contribution in [3.63, 3.8) is 0 Å². The highest BCUT2D eigenvalue weighted by Gasteiger charge is 2.49. The number of amides is 3. The lowest BCUT2D eigenvalue weighted by molar-refractivity contribution is -0.147. The largest absolute Gasteiger partial charge is 0.353 e. The zero-order valence-corrected chi connectivity index (χ0v) is 24.4. The van der Waals surface area contributed by atoms with Crippen molar-refractivity contribution in [1.29, 1.82) is 0 Å². The summed E-state index contributed by atoms with van der Waals surface area (Å²) in [6.07, 6.45) is 12.1. The van der Waals surface area contributed by atoms with Gasteiger partial charge in [0.25, 0.3) is 0 Å². The van der Waals surface area contributed by atoms with Gasteiger partial charge in [-0.15, -0.1) is 0 Å². The Balaban J connectivity index is 1.29. The molecule has 2 heterocycles. The Morgan fingerprint density at radius 2 is 1.62 bits per heavy atom. The monoisotopic (exact) mass is 571 g/mol. The molecule has 40 heavy (non-hydrogen) atoms. The van der Waals surface area contributed by atoms with Crippen molar-refractivity contribution in [2.45, 2.75) is 95.2 Å². The normalized spacial score (nSPS) is 24.8. The molecule has 2 saturated carbocycles. The van der Waals surface area contributed by atoms with Gasteiger partial charge in [-0.2, -0.15) is 0 Å². The molecule has 0 radical (unpaired) electrons. The molecule has 9 heteroatoms. The molecule has 2 atom stereocenters. The first-order valence-corrected chi connectivity index (χ1v) is 15.9. The topological polar surface area (TPSA) is 103 Å². The van der Waals surface area contributed by atoms with Crippen molar-refractivity contribution in [3.05, 3.63) is 34.9 Å². The molecular formula is C31H46ClN5O3. The zero-order valence-electron chi connectivity index (χ0n) is 23.7. The smallest absolute Gasteiger partial charge is 0.245 e. The summed E-state index contributed by atoms with van der Waals surface area (Å²) < 4.78 is 0. The van der Waals surface area contributed by atoms with E-state index in [2.05, 4.69) is 21.3 Å². The van der Waals surface area contributed by atoms with Crippen LogP contribution in [0.1, 0.15) is 76.2 Å². The Morgan fingerprint density at radius 1 is 0.950 bits per heavy atom. The Morgan fingerprint density at radius 3 is 2.27 bits per heavy atom. The molecule has 2 aliphatic heterocycles. The lowest BCUT2D eigenvalue weighted by Gasteiger charge is -2.47. The number of carbonyl (C=O) groups is 3. The van der Waals surface area contributed by atoms with Crippen LogP contribution in [0, 0.1) is 11.3 Å². The molecule has 4 N–H and O–H groups in total. The van der Waals surface area contributed by atoms with Gasteiger partial charge in [-0.1, -0.05) is 55.8 Å². The van der Waals surface area contributed by atoms with E-state index in [9.17, 15) is 14.4 Å². The van der Waals surface area contributed by atoms with E-state index in [1.807, 2.05) is 29.2 Å². The van der Waals surface area contributed by atoms with Gasteiger partial charge in [-0.25, -0.2) is 0 Å². The van der Waals surface area contributed by atoms with Gasteiger partial charge >= 0.3 is 0 Å². The number of nitrogens with zero attached hydrogens (tertiary/aromatic N) is 1. The zero-order chi connectivity index (χ0) is 28.0. The lowest BCUT2D eigenvalue weighted by atomic mass is 9.63. The van der Waals surface area contributed by atoms with E-state index in [0.29, 0.717) is 62.4 Å². The summed E-state index contributed by atoms with van der Waals surface area (Å²) in [5.74, 6) is 0.374. The molecule has 2 aliphatic carbocycles. The number of halogens is 1. The summed E-state index contributed by atoms with van der Waals surface area (Å²) in [5.41, 5.74) is 0.550. The van der Waals surface area contributed by atoms with E-state index >= 15 is 0 Å². The summed E-state index contributed by atoms with van der Waals surface area (Å²) >= 11 is 6.10. The van der Waals surface area contributed by atoms with Crippen molar-refractivity contribution in [1.82, 2.24) is 26.2 Å². The predicted molar refractivity (Wildman–Crippen MR) is 157 cm³/mol. The Labute approximate surface area is 243 Å². The fraction of sp³-hybridized carbons (Fsp3) is 0.710. The maximum absolute atomic E-state index is 14.0. The number of hydrogen-bond donors (Lipinski definition) is 4. The van der Waals surface area contributed by atoms with Crippen LogP contribution in [0.15, 0.2) is 24.3 Å². The van der Waals surface area contributed by atoms with Gasteiger partial charge in [-0.05, 0) is 62.1 Å². The van der Waals surface area contributed by atoms with E-state index in [0.717, 1.165) is 37.8 Å². The third kappa shape index (κ3) is 7.00. The molecule has 8 nitrogen and oxygen atoms in total. The van der Waals surface area contributed by atoms with Crippen LogP contribution < -0.4 is 21.3 Å². The van der Waals surface area contributed by atoms with Gasteiger partial charge in [0.15, 0.2) is 0 Å². The molecule has 1 aromatic carbocycles. The first-order valence-electron chi connectivity index (χ1n) is 15.5. The van der Waals surface area contributed by atoms with Crippen LogP contribution in [0.4, 0.5) is 0 Å². The van der Waals surface area contributed by atoms with Crippen molar-refractivity contribution < 1.29 is 14.4 Å². The average molecular weight is 572 g/mol. The molecule has 0 unspecified atom stereocenters. The van der Waals surface area contributed by atoms with Crippen LogP contribution in [-0.2, 0) is 20.8 Å². The molecule has 0 aromatic heterocycles. The predicted octanol–water partition coefficient (Wildman–Crippen LogP) is 3.18. The highest BCUT2D eigenvalue weighted by atomic mass is 35.5. The second-order valence-corrected chi connectivity index (χ2v) is 12.8. The molecule has 2 saturated heterocycles. The molecule has 5 rings (SSSR count). The van der Waals surface area contributed by atoms with Crippen LogP contribution in [0.2, 0.25) is 5.02 Å². The van der Waals surface area contributed by atoms with E-state index in [-0.39, 0.29) is 23.8 Å². The number of rotatable bonds is 8. The van der Waals surface area contributed by atoms with E-state index < -0.39 is 11.5 Å². The minimum atomic E-state index is -0.674. The quantitative estimate of drug-likeness (QED) is 0.384. The van der Waals surface area contributed by atoms with Gasteiger partial charge < -0.3 is 26.2 Å². The first-order chi connectivity index (χ1) is 19.4. The number of carbonyl (C=O) groups excluding carboxylic acids is 3. The molecule has 1 aromatic rings. The van der Waals surface area contributed by atoms with Gasteiger partial charge in [0, 0.05) is 50.2 Å². The maximum atomic E-state index is 14.0. The number of likely N-dealkylation sites (tertiary alicyclic amines) is 1. The molecule has 0 bridgehead atoms. The summed E-state index contributed by atoms with van der Waals surface area (Å²) in [6, 6.07) is 6.71. The van der Waals surface area contributed by atoms with Crippen molar-refractivity contribution in [2.24, 2.45) is 11.3 Å². The summed E-state index contributed by atoms with van der Waals surface area (Å²) in [4.78, 5) is 42.9. The van der Waals surface area contributed by atoms with Crippen molar-refractivity contribution >= 4 is 29.3 Å². The SMILES string of the molecule is O=C(N[C@H](Cc1ccc(Cl)cc1)C(=O)N1CCC(C(=O)NC2CCCC2)(C2CCCCC2)CC1)[C@@H]1CNCCN1. The third-order valence-electron chi connectivity index (χ3n) is 9.82. The Hall–Kier alpha value is -2.16. The standard InChI is InChI=1S/C31H46ClN5O3/c32-24-12-10-22(11-13-24)20-26(36-28(38)27-21-33-16-17-34-27)29(39)37-18-14-31(15-19-37,23-6-2-1-3-7-23)30(40)35-25-8-4-5-9-25/h10-13,23,25-27,33-34H,1-9,14-21H2,(H,35,40)(H,36,38)/t26-,27+/m1/s1. The summed E-state index contributed by atoms with van der Waals surface area (Å²) in [7, 11) is 0. The second kappa shape index (κ2) is 13.7. The highest BCUT2D eigenvalue weighted by Crippen LogP contribution is 2.46. The number of nitrogens with one attached hydrogen (secondary N) is 4. The number of benzene rings is 1. The van der Waals surface area contributed by atoms with Crippen molar-refractivity contribution in [2.75, 3.05) is 32.7 Å². The minimum absolute atomic E-state index is 0.0690.